The molecular weight excluding hydrogens is 420 g/mol. The highest BCUT2D eigenvalue weighted by Crippen LogP contribution is 2.27. The van der Waals surface area contributed by atoms with Crippen LogP contribution in [0.25, 0.3) is 10.2 Å². The van der Waals surface area contributed by atoms with Gasteiger partial charge in [0.25, 0.3) is 5.91 Å². The Bertz CT molecular complexity index is 1070. The number of fused-ring (bicyclic) bond motifs is 1. The smallest absolute Gasteiger partial charge is 0.270 e. The highest BCUT2D eigenvalue weighted by molar-refractivity contribution is 9.10. The van der Waals surface area contributed by atoms with E-state index in [1.54, 1.807) is 16.2 Å². The normalized spacial score (nSPS) is 11.0. The lowest BCUT2D eigenvalue weighted by molar-refractivity contribution is 0.0775. The molecule has 0 saturated heterocycles. The van der Waals surface area contributed by atoms with E-state index in [-0.39, 0.29) is 5.91 Å². The Morgan fingerprint density at radius 1 is 1.04 bits per heavy atom. The molecule has 2 heterocycles. The standard InChI is InChI=1S/C22H19BrN2OS/c1-24(14-16-5-3-2-4-6-16)22(26)20-13-21-19(11-12-27-21)25(20)15-17-7-9-18(23)10-8-17/h2-13H,14-15H2,1H3. The van der Waals surface area contributed by atoms with Gasteiger partial charge in [-0.1, -0.05) is 58.4 Å². The highest BCUT2D eigenvalue weighted by Gasteiger charge is 2.20. The van der Waals surface area contributed by atoms with Crippen molar-refractivity contribution in [1.82, 2.24) is 9.47 Å². The molecule has 0 radical (unpaired) electrons. The summed E-state index contributed by atoms with van der Waals surface area (Å²) in [5, 5.41) is 2.07. The molecule has 1 amide bonds. The van der Waals surface area contributed by atoms with Crippen molar-refractivity contribution in [1.29, 1.82) is 0 Å². The van der Waals surface area contributed by atoms with E-state index in [0.29, 0.717) is 13.1 Å². The molecule has 136 valence electrons. The van der Waals surface area contributed by atoms with Crippen LogP contribution >= 0.6 is 27.3 Å². The summed E-state index contributed by atoms with van der Waals surface area (Å²) in [6.07, 6.45) is 0. The van der Waals surface area contributed by atoms with Gasteiger partial charge in [0.2, 0.25) is 0 Å². The minimum atomic E-state index is 0.0411. The van der Waals surface area contributed by atoms with E-state index in [4.69, 9.17) is 0 Å². The molecule has 0 fully saturated rings. The van der Waals surface area contributed by atoms with Crippen molar-refractivity contribution in [2.45, 2.75) is 13.1 Å². The first-order valence-corrected chi connectivity index (χ1v) is 10.4. The van der Waals surface area contributed by atoms with Gasteiger partial charge in [-0.25, -0.2) is 0 Å². The molecule has 3 nitrogen and oxygen atoms in total. The Labute approximate surface area is 171 Å². The van der Waals surface area contributed by atoms with Gasteiger partial charge >= 0.3 is 0 Å². The van der Waals surface area contributed by atoms with Crippen molar-refractivity contribution in [3.63, 3.8) is 0 Å². The third-order valence-corrected chi connectivity index (χ3v) is 5.99. The lowest BCUT2D eigenvalue weighted by atomic mass is 10.2. The number of aromatic nitrogens is 1. The van der Waals surface area contributed by atoms with Crippen LogP contribution < -0.4 is 0 Å². The first kappa shape index (κ1) is 18.0. The number of amides is 1. The fraction of sp³-hybridized carbons (Fsp3) is 0.136. The predicted molar refractivity (Wildman–Crippen MR) is 115 cm³/mol. The van der Waals surface area contributed by atoms with E-state index >= 15 is 0 Å². The summed E-state index contributed by atoms with van der Waals surface area (Å²) in [6.45, 7) is 1.27. The molecule has 0 bridgehead atoms. The largest absolute Gasteiger partial charge is 0.336 e. The first-order chi connectivity index (χ1) is 13.1. The van der Waals surface area contributed by atoms with Gasteiger partial charge in [-0.2, -0.15) is 0 Å². The van der Waals surface area contributed by atoms with E-state index in [1.807, 2.05) is 55.6 Å². The molecule has 0 aliphatic carbocycles. The summed E-state index contributed by atoms with van der Waals surface area (Å²) >= 11 is 5.15. The van der Waals surface area contributed by atoms with Crippen molar-refractivity contribution in [2.75, 3.05) is 7.05 Å². The number of halogens is 1. The van der Waals surface area contributed by atoms with Gasteiger partial charge in [-0.05, 0) is 40.8 Å². The quantitative estimate of drug-likeness (QED) is 0.387. The Balaban J connectivity index is 1.65. The minimum absolute atomic E-state index is 0.0411. The van der Waals surface area contributed by atoms with Crippen LogP contribution in [0.5, 0.6) is 0 Å². The molecule has 4 rings (SSSR count). The van der Waals surface area contributed by atoms with Crippen molar-refractivity contribution >= 4 is 43.4 Å². The second kappa shape index (κ2) is 7.71. The number of carbonyl (C=O) groups excluding carboxylic acids is 1. The van der Waals surface area contributed by atoms with Crippen LogP contribution in [0.2, 0.25) is 0 Å². The number of nitrogens with zero attached hydrogens (tertiary/aromatic N) is 2. The number of rotatable bonds is 5. The first-order valence-electron chi connectivity index (χ1n) is 8.72. The van der Waals surface area contributed by atoms with Gasteiger partial charge in [-0.3, -0.25) is 4.79 Å². The average Bonchev–Trinajstić information content (AvgIpc) is 3.26. The van der Waals surface area contributed by atoms with Crippen molar-refractivity contribution in [2.24, 2.45) is 0 Å². The molecule has 0 unspecified atom stereocenters. The molecule has 5 heteroatoms. The Morgan fingerprint density at radius 2 is 1.78 bits per heavy atom. The summed E-state index contributed by atoms with van der Waals surface area (Å²) in [4.78, 5) is 15.0. The van der Waals surface area contributed by atoms with Crippen LogP contribution in [-0.2, 0) is 13.1 Å². The second-order valence-corrected chi connectivity index (χ2v) is 8.42. The Kier molecular flexibility index (Phi) is 5.14. The van der Waals surface area contributed by atoms with Crippen molar-refractivity contribution in [3.8, 4) is 0 Å². The van der Waals surface area contributed by atoms with Gasteiger partial charge in [0, 0.05) is 24.6 Å². The monoisotopic (exact) mass is 438 g/mol. The van der Waals surface area contributed by atoms with E-state index in [9.17, 15) is 4.79 Å². The third-order valence-electron chi connectivity index (χ3n) is 4.61. The van der Waals surface area contributed by atoms with Crippen molar-refractivity contribution in [3.05, 3.63) is 93.4 Å². The number of benzene rings is 2. The zero-order chi connectivity index (χ0) is 18.8. The number of thiophene rings is 1. The fourth-order valence-corrected chi connectivity index (χ4v) is 4.31. The van der Waals surface area contributed by atoms with Crippen molar-refractivity contribution < 1.29 is 4.79 Å². The van der Waals surface area contributed by atoms with Gasteiger partial charge in [0.1, 0.15) is 5.69 Å². The van der Waals surface area contributed by atoms with Crippen LogP contribution in [0.3, 0.4) is 0 Å². The fourth-order valence-electron chi connectivity index (χ4n) is 3.22. The Hall–Kier alpha value is -2.37. The van der Waals surface area contributed by atoms with Gasteiger partial charge in [-0.15, -0.1) is 11.3 Å². The zero-order valence-electron chi connectivity index (χ0n) is 14.9. The molecule has 2 aromatic heterocycles. The van der Waals surface area contributed by atoms with Gasteiger partial charge in [0.05, 0.1) is 10.2 Å². The third kappa shape index (κ3) is 3.84. The molecule has 4 aromatic rings. The highest BCUT2D eigenvalue weighted by atomic mass is 79.9. The lowest BCUT2D eigenvalue weighted by Crippen LogP contribution is -2.28. The van der Waals surface area contributed by atoms with E-state index in [2.05, 4.69) is 44.1 Å². The zero-order valence-corrected chi connectivity index (χ0v) is 17.3. The number of hydrogen-bond acceptors (Lipinski definition) is 2. The van der Waals surface area contributed by atoms with E-state index in [0.717, 1.165) is 25.9 Å². The summed E-state index contributed by atoms with van der Waals surface area (Å²) in [6, 6.07) is 22.4. The second-order valence-electron chi connectivity index (χ2n) is 6.56. The lowest BCUT2D eigenvalue weighted by Gasteiger charge is -2.19. The molecule has 0 aliphatic heterocycles. The minimum Gasteiger partial charge on any atom is -0.336 e. The molecule has 0 N–H and O–H groups in total. The Morgan fingerprint density at radius 3 is 2.52 bits per heavy atom. The molecular formula is C22H19BrN2OS. The predicted octanol–water partition coefficient (Wildman–Crippen LogP) is 5.79. The van der Waals surface area contributed by atoms with Gasteiger partial charge < -0.3 is 9.47 Å². The maximum Gasteiger partial charge on any atom is 0.270 e. The molecule has 27 heavy (non-hydrogen) atoms. The van der Waals surface area contributed by atoms with Crippen LogP contribution in [0, 0.1) is 0 Å². The maximum atomic E-state index is 13.2. The molecule has 0 aliphatic rings. The van der Waals surface area contributed by atoms with E-state index < -0.39 is 0 Å². The summed E-state index contributed by atoms with van der Waals surface area (Å²) < 4.78 is 4.32. The summed E-state index contributed by atoms with van der Waals surface area (Å²) in [7, 11) is 1.86. The van der Waals surface area contributed by atoms with Crippen LogP contribution in [0.4, 0.5) is 0 Å². The maximum absolute atomic E-state index is 13.2. The SMILES string of the molecule is CN(Cc1ccccc1)C(=O)c1cc2sccc2n1Cc1ccc(Br)cc1. The van der Waals surface area contributed by atoms with E-state index in [1.165, 1.54) is 5.56 Å². The number of hydrogen-bond donors (Lipinski definition) is 0. The summed E-state index contributed by atoms with van der Waals surface area (Å²) in [5.41, 5.74) is 4.14. The van der Waals surface area contributed by atoms with Crippen LogP contribution in [0.1, 0.15) is 21.6 Å². The van der Waals surface area contributed by atoms with Crippen LogP contribution in [0.15, 0.2) is 76.6 Å². The molecule has 2 aromatic carbocycles. The van der Waals surface area contributed by atoms with Crippen LogP contribution in [-0.4, -0.2) is 22.4 Å². The molecule has 0 atom stereocenters. The molecule has 0 spiro atoms. The van der Waals surface area contributed by atoms with Gasteiger partial charge in [0.15, 0.2) is 0 Å². The number of carbonyl (C=O) groups is 1. The topological polar surface area (TPSA) is 25.2 Å². The average molecular weight is 439 g/mol. The summed E-state index contributed by atoms with van der Waals surface area (Å²) in [5.74, 6) is 0.0411. The molecule has 0 saturated carbocycles.